The lowest BCUT2D eigenvalue weighted by Gasteiger charge is -2.06. The van der Waals surface area contributed by atoms with Crippen LogP contribution in [0, 0.1) is 11.8 Å². The molecule has 96 valence electrons. The predicted octanol–water partition coefficient (Wildman–Crippen LogP) is 1.75. The zero-order valence-corrected chi connectivity index (χ0v) is 11.3. The van der Waals surface area contributed by atoms with Gasteiger partial charge in [-0.05, 0) is 29.7 Å². The second-order valence-corrected chi connectivity index (χ2v) is 4.65. The summed E-state index contributed by atoms with van der Waals surface area (Å²) in [5.74, 6) is 5.30. The van der Waals surface area contributed by atoms with E-state index in [2.05, 4.69) is 26.7 Å². The molecule has 1 aromatic heterocycles. The molecule has 0 spiro atoms. The monoisotopic (exact) mass is 292 g/mol. The first-order valence-corrected chi connectivity index (χ1v) is 6.43. The molecule has 0 saturated heterocycles. The molecule has 1 amide bonds. The molecule has 0 aliphatic heterocycles. The van der Waals surface area contributed by atoms with Crippen molar-refractivity contribution in [1.29, 1.82) is 0 Å². The van der Waals surface area contributed by atoms with Crippen LogP contribution in [0.1, 0.15) is 15.2 Å². The predicted molar refractivity (Wildman–Crippen MR) is 75.2 cm³/mol. The SMILES string of the molecule is NCC#Cc1cc(Cl)ccc1NC(=O)c1cnns1. The van der Waals surface area contributed by atoms with Gasteiger partial charge in [-0.15, -0.1) is 5.10 Å². The van der Waals surface area contributed by atoms with Crippen molar-refractivity contribution in [2.45, 2.75) is 0 Å². The lowest BCUT2D eigenvalue weighted by Crippen LogP contribution is -2.11. The van der Waals surface area contributed by atoms with Gasteiger partial charge in [0.15, 0.2) is 0 Å². The van der Waals surface area contributed by atoms with Gasteiger partial charge in [0.25, 0.3) is 5.91 Å². The van der Waals surface area contributed by atoms with Crippen LogP contribution in [-0.4, -0.2) is 22.0 Å². The van der Waals surface area contributed by atoms with Gasteiger partial charge in [0.05, 0.1) is 18.4 Å². The van der Waals surface area contributed by atoms with E-state index < -0.39 is 0 Å². The van der Waals surface area contributed by atoms with Gasteiger partial charge >= 0.3 is 0 Å². The zero-order chi connectivity index (χ0) is 13.7. The number of anilines is 1. The molecule has 5 nitrogen and oxygen atoms in total. The average molecular weight is 293 g/mol. The lowest BCUT2D eigenvalue weighted by atomic mass is 10.1. The van der Waals surface area contributed by atoms with Crippen molar-refractivity contribution in [2.75, 3.05) is 11.9 Å². The normalized spacial score (nSPS) is 9.58. The lowest BCUT2D eigenvalue weighted by molar-refractivity contribution is 0.103. The van der Waals surface area contributed by atoms with E-state index in [0.717, 1.165) is 11.5 Å². The topological polar surface area (TPSA) is 80.9 Å². The van der Waals surface area contributed by atoms with Crippen molar-refractivity contribution < 1.29 is 4.79 Å². The fourth-order valence-corrected chi connectivity index (χ4v) is 1.91. The molecule has 2 aromatic rings. The van der Waals surface area contributed by atoms with E-state index in [9.17, 15) is 4.79 Å². The summed E-state index contributed by atoms with van der Waals surface area (Å²) in [6.45, 7) is 0.235. The largest absolute Gasteiger partial charge is 0.320 e. The molecule has 0 unspecified atom stereocenters. The molecule has 3 N–H and O–H groups in total. The first-order chi connectivity index (χ1) is 9.20. The molecule has 2 rings (SSSR count). The molecule has 0 fully saturated rings. The maximum atomic E-state index is 11.9. The number of nitrogens with zero attached hydrogens (tertiary/aromatic N) is 2. The average Bonchev–Trinajstić information content (AvgIpc) is 2.93. The molecule has 19 heavy (non-hydrogen) atoms. The number of carbonyl (C=O) groups excluding carboxylic acids is 1. The molecule has 0 aliphatic rings. The summed E-state index contributed by atoms with van der Waals surface area (Å²) in [6.07, 6.45) is 1.40. The van der Waals surface area contributed by atoms with Crippen LogP contribution in [0.2, 0.25) is 5.02 Å². The maximum Gasteiger partial charge on any atom is 0.269 e. The van der Waals surface area contributed by atoms with Crippen LogP contribution < -0.4 is 11.1 Å². The number of benzene rings is 1. The second-order valence-electron chi connectivity index (χ2n) is 3.43. The molecule has 0 saturated carbocycles. The number of nitrogens with two attached hydrogens (primary N) is 1. The Morgan fingerprint density at radius 2 is 2.37 bits per heavy atom. The third-order valence-electron chi connectivity index (χ3n) is 2.14. The Kier molecular flexibility index (Phi) is 4.47. The fraction of sp³-hybridized carbons (Fsp3) is 0.0833. The number of aromatic nitrogens is 2. The highest BCUT2D eigenvalue weighted by Gasteiger charge is 2.10. The molecular formula is C12H9ClN4OS. The van der Waals surface area contributed by atoms with Gasteiger partial charge in [-0.1, -0.05) is 27.9 Å². The van der Waals surface area contributed by atoms with Gasteiger partial charge in [0, 0.05) is 10.6 Å². The molecule has 0 radical (unpaired) electrons. The van der Waals surface area contributed by atoms with Gasteiger partial charge < -0.3 is 11.1 Å². The van der Waals surface area contributed by atoms with Crippen molar-refractivity contribution in [2.24, 2.45) is 5.73 Å². The van der Waals surface area contributed by atoms with Crippen LogP contribution in [-0.2, 0) is 0 Å². The van der Waals surface area contributed by atoms with Crippen molar-refractivity contribution >= 4 is 34.7 Å². The quantitative estimate of drug-likeness (QED) is 0.826. The van der Waals surface area contributed by atoms with Crippen LogP contribution in [0.3, 0.4) is 0 Å². The molecule has 0 atom stereocenters. The van der Waals surface area contributed by atoms with Crippen molar-refractivity contribution in [1.82, 2.24) is 9.59 Å². The number of rotatable bonds is 2. The third kappa shape index (κ3) is 3.51. The van der Waals surface area contributed by atoms with Gasteiger partial charge in [-0.2, -0.15) is 0 Å². The number of carbonyl (C=O) groups is 1. The molecule has 0 bridgehead atoms. The highest BCUT2D eigenvalue weighted by Crippen LogP contribution is 2.20. The Bertz CT molecular complexity index is 645. The fourth-order valence-electron chi connectivity index (χ4n) is 1.33. The van der Waals surface area contributed by atoms with Crippen LogP contribution >= 0.6 is 23.1 Å². The van der Waals surface area contributed by atoms with E-state index in [1.54, 1.807) is 18.2 Å². The first-order valence-electron chi connectivity index (χ1n) is 5.28. The standard InChI is InChI=1S/C12H9ClN4OS/c13-9-3-4-10(8(6-9)2-1-5-14)16-12(18)11-7-15-17-19-11/h3-4,6-7H,5,14H2,(H,16,18). The Labute approximate surface area is 118 Å². The van der Waals surface area contributed by atoms with Gasteiger partial charge in [-0.25, -0.2) is 0 Å². The van der Waals surface area contributed by atoms with E-state index in [0.29, 0.717) is 21.2 Å². The summed E-state index contributed by atoms with van der Waals surface area (Å²) in [6, 6.07) is 5.04. The highest BCUT2D eigenvalue weighted by atomic mass is 35.5. The van der Waals surface area contributed by atoms with Crippen LogP contribution in [0.4, 0.5) is 5.69 Å². The third-order valence-corrected chi connectivity index (χ3v) is 3.04. The van der Waals surface area contributed by atoms with Crippen LogP contribution in [0.25, 0.3) is 0 Å². The summed E-state index contributed by atoms with van der Waals surface area (Å²) in [4.78, 5) is 12.3. The number of hydrogen-bond acceptors (Lipinski definition) is 5. The van der Waals surface area contributed by atoms with E-state index in [4.69, 9.17) is 17.3 Å². The smallest absolute Gasteiger partial charge is 0.269 e. The minimum Gasteiger partial charge on any atom is -0.320 e. The Morgan fingerprint density at radius 3 is 3.05 bits per heavy atom. The zero-order valence-electron chi connectivity index (χ0n) is 9.68. The molecule has 1 aromatic carbocycles. The van der Waals surface area contributed by atoms with Crippen LogP contribution in [0.5, 0.6) is 0 Å². The summed E-state index contributed by atoms with van der Waals surface area (Å²) in [5.41, 5.74) is 6.52. The van der Waals surface area contributed by atoms with Crippen molar-refractivity contribution in [3.8, 4) is 11.8 Å². The Balaban J connectivity index is 2.27. The molecule has 0 aliphatic carbocycles. The second kappa shape index (κ2) is 6.29. The summed E-state index contributed by atoms with van der Waals surface area (Å²) in [5, 5.41) is 6.89. The first kappa shape index (κ1) is 13.5. The number of amides is 1. The number of hydrogen-bond donors (Lipinski definition) is 2. The van der Waals surface area contributed by atoms with E-state index in [-0.39, 0.29) is 12.5 Å². The highest BCUT2D eigenvalue weighted by molar-refractivity contribution is 7.07. The molecular weight excluding hydrogens is 284 g/mol. The van der Waals surface area contributed by atoms with E-state index in [1.807, 2.05) is 0 Å². The van der Waals surface area contributed by atoms with E-state index >= 15 is 0 Å². The summed E-state index contributed by atoms with van der Waals surface area (Å²) in [7, 11) is 0. The summed E-state index contributed by atoms with van der Waals surface area (Å²) < 4.78 is 3.64. The maximum absolute atomic E-state index is 11.9. The molecule has 1 heterocycles. The summed E-state index contributed by atoms with van der Waals surface area (Å²) >= 11 is 6.92. The van der Waals surface area contributed by atoms with Crippen LogP contribution in [0.15, 0.2) is 24.4 Å². The Morgan fingerprint density at radius 1 is 1.53 bits per heavy atom. The van der Waals surface area contributed by atoms with Crippen molar-refractivity contribution in [3.63, 3.8) is 0 Å². The Hall–Kier alpha value is -1.94. The minimum absolute atomic E-state index is 0.235. The van der Waals surface area contributed by atoms with Crippen molar-refractivity contribution in [3.05, 3.63) is 39.9 Å². The van der Waals surface area contributed by atoms with Gasteiger partial charge in [0.1, 0.15) is 4.88 Å². The van der Waals surface area contributed by atoms with Gasteiger partial charge in [0.2, 0.25) is 0 Å². The minimum atomic E-state index is -0.284. The van der Waals surface area contributed by atoms with E-state index in [1.165, 1.54) is 6.20 Å². The number of halogens is 1. The molecule has 7 heteroatoms. The van der Waals surface area contributed by atoms with Gasteiger partial charge in [-0.3, -0.25) is 4.79 Å². The number of nitrogens with one attached hydrogen (secondary N) is 1.